The van der Waals surface area contributed by atoms with Crippen LogP contribution in [-0.4, -0.2) is 44.4 Å². The number of aliphatic hydroxyl groups is 1. The molecule has 1 unspecified atom stereocenters. The normalized spacial score (nSPS) is 17.6. The summed E-state index contributed by atoms with van der Waals surface area (Å²) in [6, 6.07) is 14.2. The smallest absolute Gasteiger partial charge is 0.261 e. The lowest BCUT2D eigenvalue weighted by molar-refractivity contribution is -0.0552. The lowest BCUT2D eigenvalue weighted by Gasteiger charge is -2.35. The number of carbonyl (C=O) groups is 1. The van der Waals surface area contributed by atoms with Gasteiger partial charge in [-0.25, -0.2) is 0 Å². The highest BCUT2D eigenvalue weighted by atomic mass is 35.5. The van der Waals surface area contributed by atoms with Crippen LogP contribution in [0.1, 0.15) is 27.0 Å². The summed E-state index contributed by atoms with van der Waals surface area (Å²) in [5.41, 5.74) is -1.81. The number of hydrogen-bond acceptors (Lipinski definition) is 6. The van der Waals surface area contributed by atoms with Gasteiger partial charge in [-0.1, -0.05) is 47.5 Å². The molecule has 0 radical (unpaired) electrons. The van der Waals surface area contributed by atoms with Crippen LogP contribution in [0, 0.1) is 0 Å². The van der Waals surface area contributed by atoms with Crippen molar-refractivity contribution in [3.8, 4) is 11.5 Å². The number of phenols is 2. The minimum Gasteiger partial charge on any atom is -0.507 e. The maximum absolute atomic E-state index is 13.8. The Morgan fingerprint density at radius 1 is 1.00 bits per heavy atom. The lowest BCUT2D eigenvalue weighted by atomic mass is 9.90. The molecule has 1 atom stereocenters. The monoisotopic (exact) mass is 542 g/mol. The molecular weight excluding hydrogens is 522 g/mol. The second-order valence-corrected chi connectivity index (χ2v) is 13.2. The molecule has 7 nitrogen and oxygen atoms in total. The van der Waals surface area contributed by atoms with E-state index >= 15 is 0 Å². The van der Waals surface area contributed by atoms with Crippen LogP contribution in [0.5, 0.6) is 11.5 Å². The van der Waals surface area contributed by atoms with Crippen molar-refractivity contribution in [3.63, 3.8) is 0 Å². The van der Waals surface area contributed by atoms with Gasteiger partial charge in [0.15, 0.2) is 11.5 Å². The van der Waals surface area contributed by atoms with Crippen LogP contribution in [0.3, 0.4) is 0 Å². The molecule has 184 valence electrons. The van der Waals surface area contributed by atoms with Gasteiger partial charge in [-0.2, -0.15) is 0 Å². The van der Waals surface area contributed by atoms with Gasteiger partial charge in [0, 0.05) is 39.0 Å². The van der Waals surface area contributed by atoms with E-state index in [0.29, 0.717) is 20.9 Å². The SMILES string of the molecule is CP(C)(=O)c1ccc(C2(O)c3c(c(O)c4ncccc4c3O)C(=O)N2Cc2cc(Cl)cc(Cl)c2)cc1. The molecule has 1 aromatic heterocycles. The summed E-state index contributed by atoms with van der Waals surface area (Å²) >= 11 is 12.3. The zero-order valence-electron chi connectivity index (χ0n) is 19.2. The molecule has 1 aliphatic heterocycles. The first kappa shape index (κ1) is 24.6. The Morgan fingerprint density at radius 2 is 1.64 bits per heavy atom. The Balaban J connectivity index is 1.79. The fraction of sp³-hybridized carbons (Fsp3) is 0.154. The zero-order valence-corrected chi connectivity index (χ0v) is 21.6. The van der Waals surface area contributed by atoms with Crippen LogP contribution in [0.15, 0.2) is 60.8 Å². The minimum atomic E-state index is -2.59. The van der Waals surface area contributed by atoms with Crippen molar-refractivity contribution >= 4 is 52.5 Å². The number of halogens is 2. The summed E-state index contributed by atoms with van der Waals surface area (Å²) in [6.45, 7) is 3.11. The number of benzene rings is 3. The third-order valence-corrected chi connectivity index (χ3v) is 8.34. The van der Waals surface area contributed by atoms with Crippen LogP contribution in [0.2, 0.25) is 10.0 Å². The van der Waals surface area contributed by atoms with Gasteiger partial charge in [0.2, 0.25) is 0 Å². The average Bonchev–Trinajstić information content (AvgIpc) is 3.04. The van der Waals surface area contributed by atoms with E-state index in [1.807, 2.05) is 0 Å². The van der Waals surface area contributed by atoms with E-state index in [9.17, 15) is 24.7 Å². The van der Waals surface area contributed by atoms with E-state index in [4.69, 9.17) is 23.2 Å². The number of phenolic OH excluding ortho intramolecular Hbond substituents is 2. The molecule has 1 aliphatic rings. The van der Waals surface area contributed by atoms with Crippen molar-refractivity contribution in [2.75, 3.05) is 13.3 Å². The molecular formula is C26H21Cl2N2O5P. The van der Waals surface area contributed by atoms with Crippen LogP contribution < -0.4 is 5.30 Å². The van der Waals surface area contributed by atoms with E-state index in [-0.39, 0.29) is 39.9 Å². The number of hydrogen-bond donors (Lipinski definition) is 3. The molecule has 0 saturated carbocycles. The Labute approximate surface area is 216 Å². The second kappa shape index (κ2) is 8.49. The average molecular weight is 543 g/mol. The Hall–Kier alpha value is -3.09. The van der Waals surface area contributed by atoms with Crippen molar-refractivity contribution in [1.29, 1.82) is 0 Å². The number of pyridine rings is 1. The summed E-state index contributed by atoms with van der Waals surface area (Å²) in [6.07, 6.45) is 1.43. The topological polar surface area (TPSA) is 111 Å². The molecule has 0 bridgehead atoms. The molecule has 0 aliphatic carbocycles. The van der Waals surface area contributed by atoms with Gasteiger partial charge in [-0.05, 0) is 49.2 Å². The molecule has 10 heteroatoms. The third-order valence-electron chi connectivity index (χ3n) is 6.36. The molecule has 1 amide bonds. The van der Waals surface area contributed by atoms with Crippen LogP contribution in [0.4, 0.5) is 0 Å². The van der Waals surface area contributed by atoms with Crippen LogP contribution in [0.25, 0.3) is 10.9 Å². The van der Waals surface area contributed by atoms with Gasteiger partial charge in [0.25, 0.3) is 5.91 Å². The maximum Gasteiger partial charge on any atom is 0.261 e. The fourth-order valence-corrected chi connectivity index (χ4v) is 6.10. The first-order chi connectivity index (χ1) is 16.9. The number of amides is 1. The number of rotatable bonds is 4. The number of aromatic hydroxyl groups is 2. The highest BCUT2D eigenvalue weighted by Crippen LogP contribution is 2.53. The van der Waals surface area contributed by atoms with E-state index in [0.717, 1.165) is 4.90 Å². The summed E-state index contributed by atoms with van der Waals surface area (Å²) in [5.74, 6) is -1.55. The number of fused-ring (bicyclic) bond motifs is 2. The van der Waals surface area contributed by atoms with E-state index in [1.54, 1.807) is 61.9 Å². The van der Waals surface area contributed by atoms with Crippen molar-refractivity contribution in [3.05, 3.63) is 93.1 Å². The van der Waals surface area contributed by atoms with E-state index in [2.05, 4.69) is 4.98 Å². The standard InChI is InChI=1S/C26H21Cl2N2O5P/c1-36(2,35)18-7-5-15(6-8-18)26(34)21-20(24(32)22-19(23(21)31)4-3-9-29-22)25(33)30(26)13-14-10-16(27)12-17(28)11-14/h3-12,31-32,34H,13H2,1-2H3. The fourth-order valence-electron chi connectivity index (χ4n) is 4.66. The predicted molar refractivity (Wildman–Crippen MR) is 140 cm³/mol. The van der Waals surface area contributed by atoms with E-state index < -0.39 is 24.5 Å². The number of aromatic nitrogens is 1. The summed E-state index contributed by atoms with van der Waals surface area (Å²) in [7, 11) is -2.59. The van der Waals surface area contributed by atoms with Crippen molar-refractivity contribution in [2.24, 2.45) is 0 Å². The number of nitrogens with zero attached hydrogens (tertiary/aromatic N) is 2. The van der Waals surface area contributed by atoms with Crippen LogP contribution in [-0.2, 0) is 16.8 Å². The summed E-state index contributed by atoms with van der Waals surface area (Å²) in [5, 5.41) is 36.1. The quantitative estimate of drug-likeness (QED) is 0.246. The van der Waals surface area contributed by atoms with E-state index in [1.165, 1.54) is 12.3 Å². The van der Waals surface area contributed by atoms with Gasteiger partial charge in [0.1, 0.15) is 18.4 Å². The molecule has 0 fully saturated rings. The predicted octanol–water partition coefficient (Wildman–Crippen LogP) is 5.05. The highest BCUT2D eigenvalue weighted by molar-refractivity contribution is 7.70. The second-order valence-electron chi connectivity index (χ2n) is 9.09. The van der Waals surface area contributed by atoms with Crippen molar-refractivity contribution in [2.45, 2.75) is 12.3 Å². The van der Waals surface area contributed by atoms with Crippen LogP contribution >= 0.6 is 30.3 Å². The van der Waals surface area contributed by atoms with Gasteiger partial charge in [-0.15, -0.1) is 0 Å². The molecule has 3 N–H and O–H groups in total. The zero-order chi connectivity index (χ0) is 26.0. The first-order valence-corrected chi connectivity index (χ1v) is 14.3. The Kier molecular flexibility index (Phi) is 5.80. The molecule has 4 aromatic rings. The summed E-state index contributed by atoms with van der Waals surface area (Å²) in [4.78, 5) is 19.0. The molecule has 2 heterocycles. The maximum atomic E-state index is 13.8. The molecule has 3 aromatic carbocycles. The van der Waals surface area contributed by atoms with Crippen molar-refractivity contribution in [1.82, 2.24) is 9.88 Å². The Morgan fingerprint density at radius 3 is 2.25 bits per heavy atom. The molecule has 36 heavy (non-hydrogen) atoms. The molecule has 0 spiro atoms. The largest absolute Gasteiger partial charge is 0.507 e. The lowest BCUT2D eigenvalue weighted by Crippen LogP contribution is -2.44. The van der Waals surface area contributed by atoms with Gasteiger partial charge in [0.05, 0.1) is 11.1 Å². The van der Waals surface area contributed by atoms with Gasteiger partial charge >= 0.3 is 0 Å². The highest BCUT2D eigenvalue weighted by Gasteiger charge is 2.54. The molecule has 5 rings (SSSR count). The van der Waals surface area contributed by atoms with Gasteiger partial charge in [-0.3, -0.25) is 14.7 Å². The minimum absolute atomic E-state index is 0.0327. The third kappa shape index (κ3) is 3.75. The van der Waals surface area contributed by atoms with Gasteiger partial charge < -0.3 is 19.9 Å². The van der Waals surface area contributed by atoms with Crippen molar-refractivity contribution < 1.29 is 24.7 Å². The molecule has 0 saturated heterocycles. The number of carbonyl (C=O) groups excluding carboxylic acids is 1. The first-order valence-electron chi connectivity index (χ1n) is 10.9. The summed E-state index contributed by atoms with van der Waals surface area (Å²) < 4.78 is 12.6. The Bertz CT molecular complexity index is 1580.